The molecular weight excluding hydrogens is 295 g/mol. The highest BCUT2D eigenvalue weighted by molar-refractivity contribution is 7.42. The summed E-state index contributed by atoms with van der Waals surface area (Å²) < 4.78 is 17.3. The molecule has 0 heterocycles. The Morgan fingerprint density at radius 1 is 0.727 bits per heavy atom. The van der Waals surface area contributed by atoms with E-state index in [0.29, 0.717) is 6.61 Å². The van der Waals surface area contributed by atoms with Crippen LogP contribution >= 0.6 is 8.60 Å². The van der Waals surface area contributed by atoms with Crippen LogP contribution in [0.5, 0.6) is 11.5 Å². The van der Waals surface area contributed by atoms with Crippen molar-refractivity contribution in [3.63, 3.8) is 0 Å². The largest absolute Gasteiger partial charge is 0.463 e. The molecule has 0 spiro atoms. The van der Waals surface area contributed by atoms with Crippen molar-refractivity contribution in [3.05, 3.63) is 72.8 Å². The highest BCUT2D eigenvalue weighted by atomic mass is 31.2. The van der Waals surface area contributed by atoms with Gasteiger partial charge in [0, 0.05) is 0 Å². The van der Waals surface area contributed by atoms with E-state index in [4.69, 9.17) is 13.6 Å². The monoisotopic (exact) mass is 312 g/mol. The molecule has 112 valence electrons. The zero-order valence-corrected chi connectivity index (χ0v) is 13.2. The predicted molar refractivity (Wildman–Crippen MR) is 90.2 cm³/mol. The number of para-hydroxylation sites is 1. The molecule has 3 nitrogen and oxygen atoms in total. The van der Waals surface area contributed by atoms with Crippen molar-refractivity contribution < 1.29 is 13.6 Å². The maximum absolute atomic E-state index is 5.89. The van der Waals surface area contributed by atoms with Crippen LogP contribution in [0.4, 0.5) is 0 Å². The van der Waals surface area contributed by atoms with Crippen molar-refractivity contribution in [2.45, 2.75) is 6.92 Å². The quantitative estimate of drug-likeness (QED) is 0.558. The minimum Gasteiger partial charge on any atom is -0.418 e. The first-order valence-corrected chi connectivity index (χ1v) is 8.27. The number of fused-ring (bicyclic) bond motifs is 1. The van der Waals surface area contributed by atoms with Gasteiger partial charge in [0.25, 0.3) is 0 Å². The SMILES string of the molecule is CCOP(Oc1ccccc1)Oc1ccc2ccccc2c1. The van der Waals surface area contributed by atoms with E-state index in [0.717, 1.165) is 16.9 Å². The third-order valence-electron chi connectivity index (χ3n) is 3.06. The fraction of sp³-hybridized carbons (Fsp3) is 0.111. The second-order valence-electron chi connectivity index (χ2n) is 4.65. The van der Waals surface area contributed by atoms with E-state index < -0.39 is 8.60 Å². The van der Waals surface area contributed by atoms with Crippen LogP contribution in [-0.2, 0) is 4.52 Å². The highest BCUT2D eigenvalue weighted by Gasteiger charge is 2.16. The number of rotatable bonds is 6. The zero-order chi connectivity index (χ0) is 15.2. The molecule has 22 heavy (non-hydrogen) atoms. The summed E-state index contributed by atoms with van der Waals surface area (Å²) in [5, 5.41) is 2.31. The Kier molecular flexibility index (Phi) is 4.89. The fourth-order valence-electron chi connectivity index (χ4n) is 2.05. The van der Waals surface area contributed by atoms with Crippen molar-refractivity contribution >= 4 is 19.4 Å². The molecule has 0 aromatic heterocycles. The summed E-state index contributed by atoms with van der Waals surface area (Å²) >= 11 is 0. The lowest BCUT2D eigenvalue weighted by Gasteiger charge is -2.17. The second kappa shape index (κ2) is 7.26. The minimum absolute atomic E-state index is 0.534. The van der Waals surface area contributed by atoms with Gasteiger partial charge in [0.1, 0.15) is 11.5 Å². The Balaban J connectivity index is 1.76. The first-order valence-electron chi connectivity index (χ1n) is 7.18. The average molecular weight is 312 g/mol. The zero-order valence-electron chi connectivity index (χ0n) is 12.3. The second-order valence-corrected chi connectivity index (χ2v) is 5.72. The Morgan fingerprint density at radius 2 is 1.41 bits per heavy atom. The average Bonchev–Trinajstić information content (AvgIpc) is 2.56. The van der Waals surface area contributed by atoms with Gasteiger partial charge in [-0.1, -0.05) is 48.5 Å². The molecule has 0 aliphatic rings. The maximum atomic E-state index is 5.89. The van der Waals surface area contributed by atoms with Gasteiger partial charge in [-0.05, 0) is 42.0 Å². The van der Waals surface area contributed by atoms with E-state index in [1.54, 1.807) is 0 Å². The van der Waals surface area contributed by atoms with Gasteiger partial charge in [0.15, 0.2) is 0 Å². The molecule has 0 radical (unpaired) electrons. The van der Waals surface area contributed by atoms with Crippen molar-refractivity contribution in [2.24, 2.45) is 0 Å². The maximum Gasteiger partial charge on any atom is 0.463 e. The Labute approximate surface area is 131 Å². The van der Waals surface area contributed by atoms with Gasteiger partial charge in [0.05, 0.1) is 6.61 Å². The highest BCUT2D eigenvalue weighted by Crippen LogP contribution is 2.41. The van der Waals surface area contributed by atoms with Gasteiger partial charge in [0.2, 0.25) is 0 Å². The molecule has 0 bridgehead atoms. The van der Waals surface area contributed by atoms with Crippen LogP contribution in [0.25, 0.3) is 10.8 Å². The standard InChI is InChI=1S/C18H17O3P/c1-2-19-22(20-17-10-4-3-5-11-17)21-18-13-12-15-8-6-7-9-16(15)14-18/h3-14H,2H2,1H3. The summed E-state index contributed by atoms with van der Waals surface area (Å²) in [5.74, 6) is 1.48. The number of hydrogen-bond acceptors (Lipinski definition) is 3. The molecule has 3 aromatic rings. The third-order valence-corrected chi connectivity index (χ3v) is 4.25. The summed E-state index contributed by atoms with van der Waals surface area (Å²) in [5.41, 5.74) is 0. The lowest BCUT2D eigenvalue weighted by molar-refractivity contribution is 0.280. The van der Waals surface area contributed by atoms with Crippen LogP contribution in [-0.4, -0.2) is 6.61 Å². The fourth-order valence-corrected chi connectivity index (χ4v) is 2.99. The van der Waals surface area contributed by atoms with E-state index in [1.165, 1.54) is 5.39 Å². The van der Waals surface area contributed by atoms with E-state index in [1.807, 2.05) is 67.6 Å². The van der Waals surface area contributed by atoms with Crippen LogP contribution in [0.1, 0.15) is 6.92 Å². The van der Waals surface area contributed by atoms with Gasteiger partial charge in [-0.2, -0.15) is 0 Å². The molecule has 1 atom stereocenters. The molecule has 1 unspecified atom stereocenters. The van der Waals surface area contributed by atoms with Gasteiger partial charge in [-0.15, -0.1) is 0 Å². The summed E-state index contributed by atoms with van der Waals surface area (Å²) in [6.45, 7) is 2.46. The van der Waals surface area contributed by atoms with E-state index in [-0.39, 0.29) is 0 Å². The molecule has 4 heteroatoms. The predicted octanol–water partition coefficient (Wildman–Crippen LogP) is 5.56. The van der Waals surface area contributed by atoms with Crippen molar-refractivity contribution in [1.82, 2.24) is 0 Å². The molecule has 0 N–H and O–H groups in total. The third kappa shape index (κ3) is 3.76. The summed E-state index contributed by atoms with van der Waals surface area (Å²) in [7, 11) is -1.47. The topological polar surface area (TPSA) is 27.7 Å². The number of hydrogen-bond donors (Lipinski definition) is 0. The first kappa shape index (κ1) is 14.8. The molecule has 0 amide bonds. The van der Waals surface area contributed by atoms with Gasteiger partial charge in [-0.25, -0.2) is 0 Å². The normalized spacial score (nSPS) is 12.0. The lowest BCUT2D eigenvalue weighted by atomic mass is 10.1. The van der Waals surface area contributed by atoms with Crippen LogP contribution in [0, 0.1) is 0 Å². The smallest absolute Gasteiger partial charge is 0.418 e. The minimum atomic E-state index is -1.47. The Bertz CT molecular complexity index is 730. The molecule has 3 rings (SSSR count). The summed E-state index contributed by atoms with van der Waals surface area (Å²) in [6, 6.07) is 23.7. The van der Waals surface area contributed by atoms with Gasteiger partial charge < -0.3 is 9.05 Å². The molecule has 0 saturated carbocycles. The van der Waals surface area contributed by atoms with Crippen LogP contribution in [0.15, 0.2) is 72.8 Å². The first-order chi connectivity index (χ1) is 10.8. The van der Waals surface area contributed by atoms with Crippen LogP contribution < -0.4 is 9.05 Å². The van der Waals surface area contributed by atoms with Crippen LogP contribution in [0.2, 0.25) is 0 Å². The van der Waals surface area contributed by atoms with Crippen molar-refractivity contribution in [2.75, 3.05) is 6.61 Å². The Hall–Kier alpha value is -2.09. The lowest BCUT2D eigenvalue weighted by Crippen LogP contribution is -1.99. The van der Waals surface area contributed by atoms with Gasteiger partial charge in [-0.3, -0.25) is 4.52 Å². The molecule has 3 aromatic carbocycles. The molecule has 0 aliphatic heterocycles. The summed E-state index contributed by atoms with van der Waals surface area (Å²) in [4.78, 5) is 0. The van der Waals surface area contributed by atoms with Crippen molar-refractivity contribution in [3.8, 4) is 11.5 Å². The van der Waals surface area contributed by atoms with E-state index >= 15 is 0 Å². The van der Waals surface area contributed by atoms with E-state index in [9.17, 15) is 0 Å². The molecule has 0 fully saturated rings. The van der Waals surface area contributed by atoms with E-state index in [2.05, 4.69) is 12.1 Å². The number of benzene rings is 3. The van der Waals surface area contributed by atoms with Gasteiger partial charge >= 0.3 is 8.60 Å². The summed E-state index contributed by atoms with van der Waals surface area (Å²) in [6.07, 6.45) is 0. The Morgan fingerprint density at radius 3 is 2.18 bits per heavy atom. The molecular formula is C18H17O3P. The van der Waals surface area contributed by atoms with Crippen LogP contribution in [0.3, 0.4) is 0 Å². The molecule has 0 aliphatic carbocycles. The molecule has 0 saturated heterocycles. The van der Waals surface area contributed by atoms with Crippen molar-refractivity contribution in [1.29, 1.82) is 0 Å².